The van der Waals surface area contributed by atoms with Crippen molar-refractivity contribution in [3.8, 4) is 11.5 Å². The second kappa shape index (κ2) is 15.3. The van der Waals surface area contributed by atoms with E-state index in [4.69, 9.17) is 9.47 Å². The third-order valence-electron chi connectivity index (χ3n) is 8.32. The average molecular weight is 636 g/mol. The predicted molar refractivity (Wildman–Crippen MR) is 176 cm³/mol. The van der Waals surface area contributed by atoms with Gasteiger partial charge in [-0.15, -0.1) is 0 Å². The fourth-order valence-electron chi connectivity index (χ4n) is 5.81. The summed E-state index contributed by atoms with van der Waals surface area (Å²) in [6, 6.07) is 18.4. The van der Waals surface area contributed by atoms with E-state index in [-0.39, 0.29) is 29.1 Å². The molecule has 0 radical (unpaired) electrons. The summed E-state index contributed by atoms with van der Waals surface area (Å²) in [6.45, 7) is 5.41. The molecular weight excluding hydrogens is 590 g/mol. The molecular formula is C35H45N3O6S. The van der Waals surface area contributed by atoms with Crippen LogP contribution in [-0.4, -0.2) is 58.0 Å². The van der Waals surface area contributed by atoms with Crippen LogP contribution in [0.2, 0.25) is 0 Å². The van der Waals surface area contributed by atoms with E-state index in [9.17, 15) is 18.0 Å². The normalized spacial score (nSPS) is 14.3. The van der Waals surface area contributed by atoms with Crippen LogP contribution in [0.25, 0.3) is 0 Å². The maximum absolute atomic E-state index is 14.4. The lowest BCUT2D eigenvalue weighted by Crippen LogP contribution is -2.54. The number of carbonyl (C=O) groups excluding carboxylic acids is 2. The fourth-order valence-corrected chi connectivity index (χ4v) is 7.25. The Labute approximate surface area is 267 Å². The lowest BCUT2D eigenvalue weighted by Gasteiger charge is -2.34. The van der Waals surface area contributed by atoms with Gasteiger partial charge in [-0.3, -0.25) is 13.9 Å². The van der Waals surface area contributed by atoms with Crippen LogP contribution >= 0.6 is 0 Å². The SMILES string of the molecule is CC[C@@H](C(=O)NC1CCCCC1)N(Cc1cccc(C)c1)C(=O)CN(c1ccc(C)cc1)S(=O)(=O)c1ccc(OC)c(OC)c1. The van der Waals surface area contributed by atoms with Gasteiger partial charge >= 0.3 is 0 Å². The van der Waals surface area contributed by atoms with Gasteiger partial charge in [0.25, 0.3) is 10.0 Å². The number of sulfonamides is 1. The summed E-state index contributed by atoms with van der Waals surface area (Å²) in [5.74, 6) is -0.0596. The summed E-state index contributed by atoms with van der Waals surface area (Å²) < 4.78 is 40.3. The number of aryl methyl sites for hydroxylation is 2. The summed E-state index contributed by atoms with van der Waals surface area (Å²) in [4.78, 5) is 29.6. The zero-order valence-corrected chi connectivity index (χ0v) is 27.7. The van der Waals surface area contributed by atoms with Gasteiger partial charge in [0.2, 0.25) is 11.8 Å². The van der Waals surface area contributed by atoms with Gasteiger partial charge < -0.3 is 19.7 Å². The van der Waals surface area contributed by atoms with E-state index in [0.717, 1.165) is 53.1 Å². The molecule has 0 unspecified atom stereocenters. The van der Waals surface area contributed by atoms with Crippen LogP contribution in [0.5, 0.6) is 11.5 Å². The third-order valence-corrected chi connectivity index (χ3v) is 10.1. The predicted octanol–water partition coefficient (Wildman–Crippen LogP) is 5.77. The Bertz CT molecular complexity index is 1570. The number of nitrogens with zero attached hydrogens (tertiary/aromatic N) is 2. The minimum Gasteiger partial charge on any atom is -0.493 e. The van der Waals surface area contributed by atoms with Gasteiger partial charge in [0.05, 0.1) is 24.8 Å². The standard InChI is InChI=1S/C35H45N3O6S/c1-6-31(35(40)36-28-13-8-7-9-14-28)37(23-27-12-10-11-26(3)21-27)34(39)24-38(29-17-15-25(2)16-18-29)45(41,42)30-19-20-32(43-4)33(22-30)44-5/h10-12,15-22,28,31H,6-9,13-14,23-24H2,1-5H3,(H,36,40)/t31-/m0/s1. The van der Waals surface area contributed by atoms with Gasteiger partial charge in [-0.25, -0.2) is 8.42 Å². The van der Waals surface area contributed by atoms with Crippen molar-refractivity contribution in [1.29, 1.82) is 0 Å². The summed E-state index contributed by atoms with van der Waals surface area (Å²) in [7, 11) is -1.35. The smallest absolute Gasteiger partial charge is 0.264 e. The molecule has 9 nitrogen and oxygen atoms in total. The van der Waals surface area contributed by atoms with Gasteiger partial charge in [0.1, 0.15) is 12.6 Å². The highest BCUT2D eigenvalue weighted by Crippen LogP contribution is 2.32. The number of hydrogen-bond acceptors (Lipinski definition) is 6. The lowest BCUT2D eigenvalue weighted by molar-refractivity contribution is -0.140. The van der Waals surface area contributed by atoms with Crippen molar-refractivity contribution in [3.05, 3.63) is 83.4 Å². The minimum atomic E-state index is -4.26. The van der Waals surface area contributed by atoms with E-state index in [0.29, 0.717) is 17.9 Å². The highest BCUT2D eigenvalue weighted by Gasteiger charge is 2.35. The van der Waals surface area contributed by atoms with Crippen LogP contribution in [0.1, 0.15) is 62.1 Å². The fraction of sp³-hybridized carbons (Fsp3) is 0.429. The molecule has 3 aromatic rings. The Morgan fingerprint density at radius 2 is 1.58 bits per heavy atom. The van der Waals surface area contributed by atoms with Crippen molar-refractivity contribution >= 4 is 27.5 Å². The minimum absolute atomic E-state index is 0.0548. The van der Waals surface area contributed by atoms with Crippen LogP contribution in [0.15, 0.2) is 71.6 Å². The second-order valence-corrected chi connectivity index (χ2v) is 13.5. The monoisotopic (exact) mass is 635 g/mol. The third kappa shape index (κ3) is 8.36. The summed E-state index contributed by atoms with van der Waals surface area (Å²) in [5.41, 5.74) is 3.16. The van der Waals surface area contributed by atoms with Crippen molar-refractivity contribution in [2.45, 2.75) is 82.8 Å². The van der Waals surface area contributed by atoms with Crippen LogP contribution < -0.4 is 19.1 Å². The number of hydrogen-bond donors (Lipinski definition) is 1. The van der Waals surface area contributed by atoms with Gasteiger partial charge in [0, 0.05) is 18.7 Å². The zero-order valence-electron chi connectivity index (χ0n) is 26.9. The van der Waals surface area contributed by atoms with Gasteiger partial charge in [-0.05, 0) is 62.9 Å². The Kier molecular flexibility index (Phi) is 11.5. The largest absolute Gasteiger partial charge is 0.493 e. The molecule has 1 aliphatic rings. The van der Waals surface area contributed by atoms with Crippen molar-refractivity contribution < 1.29 is 27.5 Å². The van der Waals surface area contributed by atoms with Crippen LogP contribution in [0, 0.1) is 13.8 Å². The molecule has 0 saturated heterocycles. The lowest BCUT2D eigenvalue weighted by atomic mass is 9.95. The quantitative estimate of drug-likeness (QED) is 0.256. The molecule has 10 heteroatoms. The first-order valence-corrected chi connectivity index (χ1v) is 17.0. The summed E-state index contributed by atoms with van der Waals surface area (Å²) in [5, 5.41) is 3.18. The van der Waals surface area contributed by atoms with Crippen molar-refractivity contribution in [3.63, 3.8) is 0 Å². The number of methoxy groups -OCH3 is 2. The number of benzene rings is 3. The molecule has 1 saturated carbocycles. The molecule has 2 amide bonds. The molecule has 242 valence electrons. The van der Waals surface area contributed by atoms with Crippen LogP contribution in [-0.2, 0) is 26.2 Å². The zero-order chi connectivity index (χ0) is 32.6. The average Bonchev–Trinajstić information content (AvgIpc) is 3.04. The first kappa shape index (κ1) is 33.8. The molecule has 0 aliphatic heterocycles. The number of amides is 2. The van der Waals surface area contributed by atoms with E-state index in [1.165, 1.54) is 37.3 Å². The Balaban J connectivity index is 1.73. The Morgan fingerprint density at radius 3 is 2.20 bits per heavy atom. The first-order chi connectivity index (χ1) is 21.6. The molecule has 1 N–H and O–H groups in total. The first-order valence-electron chi connectivity index (χ1n) is 15.5. The molecule has 0 spiro atoms. The number of carbonyl (C=O) groups is 2. The Hall–Kier alpha value is -4.05. The van der Waals surface area contributed by atoms with Gasteiger partial charge in [-0.2, -0.15) is 0 Å². The molecule has 1 fully saturated rings. The highest BCUT2D eigenvalue weighted by atomic mass is 32.2. The number of rotatable bonds is 13. The van der Waals surface area contributed by atoms with E-state index < -0.39 is 28.5 Å². The number of nitrogens with one attached hydrogen (secondary N) is 1. The molecule has 0 aromatic heterocycles. The second-order valence-electron chi connectivity index (χ2n) is 11.6. The maximum Gasteiger partial charge on any atom is 0.264 e. The molecule has 1 aliphatic carbocycles. The van der Waals surface area contributed by atoms with Gasteiger partial charge in [-0.1, -0.05) is 73.7 Å². The molecule has 45 heavy (non-hydrogen) atoms. The van der Waals surface area contributed by atoms with Gasteiger partial charge in [0.15, 0.2) is 11.5 Å². The Morgan fingerprint density at radius 1 is 0.889 bits per heavy atom. The summed E-state index contributed by atoms with van der Waals surface area (Å²) in [6.07, 6.45) is 5.49. The van der Waals surface area contributed by atoms with Crippen molar-refractivity contribution in [2.75, 3.05) is 25.1 Å². The van der Waals surface area contributed by atoms with Crippen molar-refractivity contribution in [2.24, 2.45) is 0 Å². The van der Waals surface area contributed by atoms with E-state index in [2.05, 4.69) is 5.32 Å². The maximum atomic E-state index is 14.4. The van der Waals surface area contributed by atoms with Crippen LogP contribution in [0.3, 0.4) is 0 Å². The topological polar surface area (TPSA) is 105 Å². The van der Waals surface area contributed by atoms with E-state index in [1.807, 2.05) is 45.0 Å². The van der Waals surface area contributed by atoms with Crippen molar-refractivity contribution in [1.82, 2.24) is 10.2 Å². The van der Waals surface area contributed by atoms with E-state index >= 15 is 0 Å². The molecule has 3 aromatic carbocycles. The highest BCUT2D eigenvalue weighted by molar-refractivity contribution is 7.92. The number of anilines is 1. The molecule has 1 atom stereocenters. The number of ether oxygens (including phenoxy) is 2. The molecule has 4 rings (SSSR count). The van der Waals surface area contributed by atoms with Crippen LogP contribution in [0.4, 0.5) is 5.69 Å². The van der Waals surface area contributed by atoms with E-state index in [1.54, 1.807) is 24.3 Å². The summed E-state index contributed by atoms with van der Waals surface area (Å²) >= 11 is 0. The molecule has 0 heterocycles. The molecule has 0 bridgehead atoms.